The van der Waals surface area contributed by atoms with E-state index in [1.807, 2.05) is 0 Å². The first-order valence-electron chi connectivity index (χ1n) is 5.14. The number of ketones is 1. The molecule has 0 aromatic rings. The second-order valence-electron chi connectivity index (χ2n) is 4.72. The number of nitrogens with zero attached hydrogens (tertiary/aromatic N) is 1. The average molecular weight is 181 g/mol. The monoisotopic (exact) mass is 181 g/mol. The van der Waals surface area contributed by atoms with E-state index in [1.54, 1.807) is 0 Å². The van der Waals surface area contributed by atoms with Crippen LogP contribution in [0.5, 0.6) is 0 Å². The predicted molar refractivity (Wildman–Crippen MR) is 47.2 cm³/mol. The zero-order chi connectivity index (χ0) is 9.16. The minimum Gasteiger partial charge on any atom is -0.391 e. The molecule has 5 atom stereocenters. The molecule has 5 aliphatic rings. The summed E-state index contributed by atoms with van der Waals surface area (Å²) in [5, 5.41) is 9.82. The van der Waals surface area contributed by atoms with Crippen LogP contribution in [-0.4, -0.2) is 41.0 Å². The fourth-order valence-corrected chi connectivity index (χ4v) is 3.70. The molecule has 5 unspecified atom stereocenters. The third-order valence-corrected chi connectivity index (χ3v) is 4.26. The third-order valence-electron chi connectivity index (χ3n) is 4.26. The fraction of sp³-hybridized carbons (Fsp3) is 0.900. The number of carbonyl (C=O) groups is 1. The summed E-state index contributed by atoms with van der Waals surface area (Å²) >= 11 is 0. The summed E-state index contributed by atoms with van der Waals surface area (Å²) < 4.78 is 0. The molecular weight excluding hydrogens is 166 g/mol. The lowest BCUT2D eigenvalue weighted by molar-refractivity contribution is -0.170. The highest BCUT2D eigenvalue weighted by atomic mass is 16.3. The van der Waals surface area contributed by atoms with E-state index in [0.29, 0.717) is 11.8 Å². The quantitative estimate of drug-likeness (QED) is 0.573. The van der Waals surface area contributed by atoms with Crippen molar-refractivity contribution < 1.29 is 9.90 Å². The SMILES string of the molecule is CN1C2CCC3C(=O)C2CC(O)C31. The maximum atomic E-state index is 11.8. The van der Waals surface area contributed by atoms with Gasteiger partial charge in [-0.2, -0.15) is 0 Å². The summed E-state index contributed by atoms with van der Waals surface area (Å²) in [6.45, 7) is 0. The molecule has 2 aliphatic carbocycles. The van der Waals surface area contributed by atoms with E-state index in [2.05, 4.69) is 11.9 Å². The van der Waals surface area contributed by atoms with Gasteiger partial charge < -0.3 is 5.11 Å². The molecule has 3 nitrogen and oxygen atoms in total. The minimum absolute atomic E-state index is 0.135. The first-order chi connectivity index (χ1) is 6.20. The van der Waals surface area contributed by atoms with Crippen LogP contribution in [0.25, 0.3) is 0 Å². The molecule has 3 saturated heterocycles. The van der Waals surface area contributed by atoms with Crippen molar-refractivity contribution in [1.29, 1.82) is 0 Å². The van der Waals surface area contributed by atoms with Crippen molar-refractivity contribution in [2.75, 3.05) is 7.05 Å². The Balaban J connectivity index is 2.04. The van der Waals surface area contributed by atoms with Gasteiger partial charge in [-0.1, -0.05) is 0 Å². The van der Waals surface area contributed by atoms with Gasteiger partial charge in [-0.05, 0) is 26.3 Å². The average Bonchev–Trinajstić information content (AvgIpc) is 2.07. The number of aliphatic hydroxyl groups excluding tert-OH is 1. The summed E-state index contributed by atoms with van der Waals surface area (Å²) in [4.78, 5) is 14.0. The summed E-state index contributed by atoms with van der Waals surface area (Å²) in [6.07, 6.45) is 2.62. The van der Waals surface area contributed by atoms with Crippen LogP contribution >= 0.6 is 0 Å². The molecule has 5 rings (SSSR count). The Labute approximate surface area is 77.7 Å². The molecule has 4 bridgehead atoms. The Morgan fingerprint density at radius 3 is 2.77 bits per heavy atom. The first-order valence-corrected chi connectivity index (χ1v) is 5.14. The molecule has 72 valence electrons. The van der Waals surface area contributed by atoms with E-state index >= 15 is 0 Å². The van der Waals surface area contributed by atoms with Crippen LogP contribution in [0.2, 0.25) is 0 Å². The van der Waals surface area contributed by atoms with Crippen molar-refractivity contribution in [2.45, 2.75) is 37.5 Å². The van der Waals surface area contributed by atoms with E-state index in [9.17, 15) is 9.90 Å². The summed E-state index contributed by atoms with van der Waals surface area (Å²) in [5.74, 6) is 0.720. The zero-order valence-electron chi connectivity index (χ0n) is 7.81. The molecule has 0 aromatic carbocycles. The standard InChI is InChI=1S/C10H15NO2/c1-11-7-3-2-5-9(11)8(12)4-6(7)10(5)13/h5-9,12H,2-4H2,1H3. The number of aliphatic hydroxyl groups is 1. The first kappa shape index (κ1) is 7.94. The van der Waals surface area contributed by atoms with Crippen LogP contribution in [0.15, 0.2) is 0 Å². The van der Waals surface area contributed by atoms with Gasteiger partial charge in [-0.15, -0.1) is 0 Å². The number of rotatable bonds is 0. The second-order valence-corrected chi connectivity index (χ2v) is 4.72. The molecule has 13 heavy (non-hydrogen) atoms. The molecular formula is C10H15NO2. The van der Waals surface area contributed by atoms with E-state index in [-0.39, 0.29) is 24.0 Å². The Morgan fingerprint density at radius 1 is 1.38 bits per heavy atom. The van der Waals surface area contributed by atoms with E-state index in [1.165, 1.54) is 0 Å². The lowest BCUT2D eigenvalue weighted by Gasteiger charge is -2.58. The Morgan fingerprint density at radius 2 is 2.15 bits per heavy atom. The number of carbonyl (C=O) groups excluding carboxylic acids is 1. The van der Waals surface area contributed by atoms with Crippen molar-refractivity contribution >= 4 is 5.78 Å². The van der Waals surface area contributed by atoms with E-state index in [0.717, 1.165) is 19.3 Å². The Kier molecular flexibility index (Phi) is 1.43. The molecule has 1 N–H and O–H groups in total. The third kappa shape index (κ3) is 0.796. The highest BCUT2D eigenvalue weighted by molar-refractivity contribution is 5.87. The number of likely N-dealkylation sites (N-methyl/N-ethyl adjacent to an activating group) is 1. The normalized spacial score (nSPS) is 54.6. The zero-order valence-corrected chi connectivity index (χ0v) is 7.81. The topological polar surface area (TPSA) is 40.5 Å². The number of fused-ring (bicyclic) bond motifs is 2. The predicted octanol–water partition coefficient (Wildman–Crippen LogP) is 0.0289. The second kappa shape index (κ2) is 2.34. The van der Waals surface area contributed by atoms with Gasteiger partial charge in [0, 0.05) is 23.9 Å². The van der Waals surface area contributed by atoms with Gasteiger partial charge in [0.25, 0.3) is 0 Å². The summed E-state index contributed by atoms with van der Waals surface area (Å²) in [5.41, 5.74) is 0. The largest absolute Gasteiger partial charge is 0.391 e. The van der Waals surface area contributed by atoms with Crippen molar-refractivity contribution in [3.05, 3.63) is 0 Å². The Bertz CT molecular complexity index is 262. The van der Waals surface area contributed by atoms with Gasteiger partial charge in [0.2, 0.25) is 0 Å². The molecule has 3 aliphatic heterocycles. The molecule has 3 heterocycles. The van der Waals surface area contributed by atoms with Crippen LogP contribution in [0, 0.1) is 11.8 Å². The van der Waals surface area contributed by atoms with Crippen LogP contribution in [-0.2, 0) is 4.79 Å². The molecule has 2 saturated carbocycles. The number of hydrogen-bond acceptors (Lipinski definition) is 3. The van der Waals surface area contributed by atoms with E-state index in [4.69, 9.17) is 0 Å². The van der Waals surface area contributed by atoms with Crippen LogP contribution in [0.3, 0.4) is 0 Å². The van der Waals surface area contributed by atoms with Gasteiger partial charge in [-0.25, -0.2) is 0 Å². The number of Topliss-reactive ketones (excluding diaryl/α,β-unsaturated/α-hetero) is 1. The molecule has 0 amide bonds. The van der Waals surface area contributed by atoms with Crippen LogP contribution in [0.1, 0.15) is 19.3 Å². The van der Waals surface area contributed by atoms with Crippen LogP contribution in [0.4, 0.5) is 0 Å². The van der Waals surface area contributed by atoms with Crippen molar-refractivity contribution in [3.8, 4) is 0 Å². The summed E-state index contributed by atoms with van der Waals surface area (Å²) in [6, 6.07) is 0.571. The highest BCUT2D eigenvalue weighted by Crippen LogP contribution is 2.47. The smallest absolute Gasteiger partial charge is 0.142 e. The summed E-state index contributed by atoms with van der Waals surface area (Å²) in [7, 11) is 2.06. The van der Waals surface area contributed by atoms with Gasteiger partial charge >= 0.3 is 0 Å². The number of piperidine rings is 3. The molecule has 5 fully saturated rings. The molecule has 3 heteroatoms. The lowest BCUT2D eigenvalue weighted by Crippen LogP contribution is -2.70. The van der Waals surface area contributed by atoms with Gasteiger partial charge in [0.15, 0.2) is 0 Å². The fourth-order valence-electron chi connectivity index (χ4n) is 3.70. The molecule has 0 aromatic heterocycles. The van der Waals surface area contributed by atoms with Gasteiger partial charge in [0.05, 0.1) is 6.10 Å². The van der Waals surface area contributed by atoms with Crippen molar-refractivity contribution in [3.63, 3.8) is 0 Å². The maximum absolute atomic E-state index is 11.8. The Hall–Kier alpha value is -0.410. The van der Waals surface area contributed by atoms with Gasteiger partial charge in [-0.3, -0.25) is 9.69 Å². The molecule has 0 radical (unpaired) electrons. The number of hydrogen-bond donors (Lipinski definition) is 1. The minimum atomic E-state index is -0.255. The van der Waals surface area contributed by atoms with Crippen molar-refractivity contribution in [1.82, 2.24) is 4.90 Å². The maximum Gasteiger partial charge on any atom is 0.142 e. The lowest BCUT2D eigenvalue weighted by atomic mass is 9.60. The van der Waals surface area contributed by atoms with Crippen LogP contribution < -0.4 is 0 Å². The van der Waals surface area contributed by atoms with E-state index < -0.39 is 0 Å². The highest BCUT2D eigenvalue weighted by Gasteiger charge is 2.57. The van der Waals surface area contributed by atoms with Crippen molar-refractivity contribution in [2.24, 2.45) is 11.8 Å². The molecule has 0 spiro atoms. The van der Waals surface area contributed by atoms with Gasteiger partial charge in [0.1, 0.15) is 5.78 Å².